The van der Waals surface area contributed by atoms with Gasteiger partial charge in [0.1, 0.15) is 5.82 Å². The summed E-state index contributed by atoms with van der Waals surface area (Å²) in [6.07, 6.45) is 3.57. The average Bonchev–Trinajstić information content (AvgIpc) is 2.94. The van der Waals surface area contributed by atoms with E-state index in [1.165, 1.54) is 12.4 Å². The molecule has 2 amide bonds. The van der Waals surface area contributed by atoms with Crippen molar-refractivity contribution in [3.05, 3.63) is 35.5 Å². The molecule has 0 saturated carbocycles. The van der Waals surface area contributed by atoms with Crippen LogP contribution in [0.2, 0.25) is 0 Å². The molecule has 2 aromatic heterocycles. The second kappa shape index (κ2) is 5.87. The van der Waals surface area contributed by atoms with Gasteiger partial charge in [-0.15, -0.1) is 0 Å². The topological polar surface area (TPSA) is 137 Å². The van der Waals surface area contributed by atoms with Gasteiger partial charge in [0, 0.05) is 18.8 Å². The summed E-state index contributed by atoms with van der Waals surface area (Å²) in [7, 11) is 0. The van der Waals surface area contributed by atoms with Gasteiger partial charge >= 0.3 is 11.8 Å². The van der Waals surface area contributed by atoms with Crippen LogP contribution in [0.3, 0.4) is 0 Å². The van der Waals surface area contributed by atoms with Crippen molar-refractivity contribution in [3.63, 3.8) is 0 Å². The lowest BCUT2D eigenvalue weighted by molar-refractivity contribution is 0.0943. The third-order valence-corrected chi connectivity index (χ3v) is 2.37. The second-order valence-corrected chi connectivity index (χ2v) is 3.80. The van der Waals surface area contributed by atoms with Gasteiger partial charge in [-0.1, -0.05) is 12.1 Å². The first-order chi connectivity index (χ1) is 9.60. The van der Waals surface area contributed by atoms with Crippen molar-refractivity contribution in [2.45, 2.75) is 19.9 Å². The summed E-state index contributed by atoms with van der Waals surface area (Å²) in [5.41, 5.74) is 5.28. The fraction of sp³-hybridized carbons (Fsp3) is 0.273. The van der Waals surface area contributed by atoms with E-state index in [4.69, 9.17) is 5.73 Å². The maximum atomic E-state index is 11.8. The molecule has 0 aliphatic carbocycles. The van der Waals surface area contributed by atoms with Crippen LogP contribution >= 0.6 is 0 Å². The number of aryl methyl sites for hydroxylation is 1. The Morgan fingerprint density at radius 2 is 2.00 bits per heavy atom. The standard InChI is InChI=1S/C11H12N6O3/c1-2-7-13-3-6(4-14-7)10(19)15-5-8-16-11(9(12)18)20-17-8/h3-4H,2,5H2,1H3,(H2,12,18)(H,15,19). The normalized spacial score (nSPS) is 10.2. The molecule has 9 nitrogen and oxygen atoms in total. The Hall–Kier alpha value is -2.84. The van der Waals surface area contributed by atoms with E-state index in [0.29, 0.717) is 17.8 Å². The molecule has 0 unspecified atom stereocenters. The molecule has 2 aromatic rings. The van der Waals surface area contributed by atoms with Crippen molar-refractivity contribution in [3.8, 4) is 0 Å². The number of aromatic nitrogens is 4. The van der Waals surface area contributed by atoms with Crippen molar-refractivity contribution in [2.75, 3.05) is 0 Å². The summed E-state index contributed by atoms with van der Waals surface area (Å²) in [6.45, 7) is 1.92. The van der Waals surface area contributed by atoms with Crippen molar-refractivity contribution in [1.82, 2.24) is 25.4 Å². The van der Waals surface area contributed by atoms with Crippen molar-refractivity contribution < 1.29 is 14.1 Å². The molecule has 2 heterocycles. The van der Waals surface area contributed by atoms with E-state index >= 15 is 0 Å². The Morgan fingerprint density at radius 1 is 1.30 bits per heavy atom. The highest BCUT2D eigenvalue weighted by atomic mass is 16.5. The SMILES string of the molecule is CCc1ncc(C(=O)NCc2noc(C(N)=O)n2)cn1. The van der Waals surface area contributed by atoms with E-state index in [2.05, 4.69) is 29.9 Å². The third-order valence-electron chi connectivity index (χ3n) is 2.37. The molecule has 0 saturated heterocycles. The van der Waals surface area contributed by atoms with Gasteiger partial charge in [-0.05, 0) is 0 Å². The largest absolute Gasteiger partial charge is 0.361 e. The number of primary amides is 1. The highest BCUT2D eigenvalue weighted by Crippen LogP contribution is 1.99. The lowest BCUT2D eigenvalue weighted by Crippen LogP contribution is -2.24. The number of hydrogen-bond acceptors (Lipinski definition) is 7. The van der Waals surface area contributed by atoms with Gasteiger partial charge in [0.15, 0.2) is 5.82 Å². The molecule has 0 bridgehead atoms. The number of rotatable bonds is 5. The highest BCUT2D eigenvalue weighted by Gasteiger charge is 2.13. The lowest BCUT2D eigenvalue weighted by Gasteiger charge is -2.02. The summed E-state index contributed by atoms with van der Waals surface area (Å²) in [6, 6.07) is 0. The van der Waals surface area contributed by atoms with Gasteiger partial charge in [-0.3, -0.25) is 9.59 Å². The second-order valence-electron chi connectivity index (χ2n) is 3.80. The summed E-state index contributed by atoms with van der Waals surface area (Å²) >= 11 is 0. The number of carbonyl (C=O) groups excluding carboxylic acids is 2. The zero-order chi connectivity index (χ0) is 14.5. The first kappa shape index (κ1) is 13.6. The van der Waals surface area contributed by atoms with Gasteiger partial charge in [-0.2, -0.15) is 4.98 Å². The van der Waals surface area contributed by atoms with E-state index in [-0.39, 0.29) is 24.2 Å². The van der Waals surface area contributed by atoms with Gasteiger partial charge in [-0.25, -0.2) is 9.97 Å². The van der Waals surface area contributed by atoms with Crippen LogP contribution in [0.1, 0.15) is 39.6 Å². The van der Waals surface area contributed by atoms with E-state index in [1.807, 2.05) is 6.92 Å². The molecule has 104 valence electrons. The molecule has 9 heteroatoms. The zero-order valence-electron chi connectivity index (χ0n) is 10.7. The van der Waals surface area contributed by atoms with Gasteiger partial charge in [0.25, 0.3) is 5.91 Å². The van der Waals surface area contributed by atoms with Crippen molar-refractivity contribution in [1.29, 1.82) is 0 Å². The van der Waals surface area contributed by atoms with Crippen molar-refractivity contribution >= 4 is 11.8 Å². The van der Waals surface area contributed by atoms with Gasteiger partial charge < -0.3 is 15.6 Å². The number of nitrogens with one attached hydrogen (secondary N) is 1. The van der Waals surface area contributed by atoms with Crippen LogP contribution in [-0.2, 0) is 13.0 Å². The van der Waals surface area contributed by atoms with Gasteiger partial charge in [0.05, 0.1) is 12.1 Å². The highest BCUT2D eigenvalue weighted by molar-refractivity contribution is 5.93. The van der Waals surface area contributed by atoms with Crippen LogP contribution in [0.4, 0.5) is 0 Å². The quantitative estimate of drug-likeness (QED) is 0.747. The third kappa shape index (κ3) is 3.13. The van der Waals surface area contributed by atoms with Crippen LogP contribution < -0.4 is 11.1 Å². The molecule has 20 heavy (non-hydrogen) atoms. The molecular weight excluding hydrogens is 264 g/mol. The molecule has 2 rings (SSSR count). The van der Waals surface area contributed by atoms with E-state index < -0.39 is 5.91 Å². The summed E-state index contributed by atoms with van der Waals surface area (Å²) < 4.78 is 4.58. The summed E-state index contributed by atoms with van der Waals surface area (Å²) in [4.78, 5) is 34.3. The zero-order valence-corrected chi connectivity index (χ0v) is 10.7. The number of amides is 2. The summed E-state index contributed by atoms with van der Waals surface area (Å²) in [5.74, 6) is -0.689. The number of carbonyl (C=O) groups is 2. The van der Waals surface area contributed by atoms with E-state index in [1.54, 1.807) is 0 Å². The van der Waals surface area contributed by atoms with Crippen LogP contribution in [0.25, 0.3) is 0 Å². The number of nitrogens with two attached hydrogens (primary N) is 1. The Bertz CT molecular complexity index is 621. The van der Waals surface area contributed by atoms with Crippen LogP contribution in [0.5, 0.6) is 0 Å². The minimum absolute atomic E-state index is 0.00510. The fourth-order valence-corrected chi connectivity index (χ4v) is 1.34. The molecular formula is C11H12N6O3. The smallest absolute Gasteiger partial charge is 0.315 e. The predicted octanol–water partition coefficient (Wildman–Crippen LogP) is -0.549. The Kier molecular flexibility index (Phi) is 3.99. The lowest BCUT2D eigenvalue weighted by atomic mass is 10.3. The maximum Gasteiger partial charge on any atom is 0.315 e. The maximum absolute atomic E-state index is 11.8. The molecule has 0 radical (unpaired) electrons. The molecule has 0 aliphatic heterocycles. The van der Waals surface area contributed by atoms with E-state index in [9.17, 15) is 9.59 Å². The number of nitrogens with zero attached hydrogens (tertiary/aromatic N) is 4. The van der Waals surface area contributed by atoms with Crippen molar-refractivity contribution in [2.24, 2.45) is 5.73 Å². The molecule has 0 aromatic carbocycles. The monoisotopic (exact) mass is 276 g/mol. The predicted molar refractivity (Wildman–Crippen MR) is 65.4 cm³/mol. The molecule has 0 fully saturated rings. The average molecular weight is 276 g/mol. The molecule has 0 spiro atoms. The Labute approximate surface area is 113 Å². The molecule has 3 N–H and O–H groups in total. The molecule has 0 atom stereocenters. The van der Waals surface area contributed by atoms with Crippen LogP contribution in [-0.4, -0.2) is 31.9 Å². The minimum Gasteiger partial charge on any atom is -0.361 e. The summed E-state index contributed by atoms with van der Waals surface area (Å²) in [5, 5.41) is 6.05. The van der Waals surface area contributed by atoms with Gasteiger partial charge in [0.2, 0.25) is 0 Å². The Balaban J connectivity index is 1.95. The Morgan fingerprint density at radius 3 is 2.55 bits per heavy atom. The first-order valence-electron chi connectivity index (χ1n) is 5.81. The fourth-order valence-electron chi connectivity index (χ4n) is 1.34. The van der Waals surface area contributed by atoms with Crippen LogP contribution in [0.15, 0.2) is 16.9 Å². The first-order valence-corrected chi connectivity index (χ1v) is 5.81. The van der Waals surface area contributed by atoms with Crippen LogP contribution in [0, 0.1) is 0 Å². The minimum atomic E-state index is -0.821. The van der Waals surface area contributed by atoms with E-state index in [0.717, 1.165) is 0 Å². The number of hydrogen-bond donors (Lipinski definition) is 2. The molecule has 0 aliphatic rings.